The lowest BCUT2D eigenvalue weighted by Crippen LogP contribution is -2.06. The van der Waals surface area contributed by atoms with Crippen molar-refractivity contribution >= 4 is 53.3 Å². The lowest BCUT2D eigenvalue weighted by molar-refractivity contribution is 0.0697. The number of amidine groups is 1. The van der Waals surface area contributed by atoms with Crippen molar-refractivity contribution in [3.63, 3.8) is 0 Å². The normalized spacial score (nSPS) is 12.8. The molecule has 15 nitrogen and oxygen atoms in total. The maximum atomic E-state index is 12.3. The van der Waals surface area contributed by atoms with E-state index in [-0.39, 0.29) is 17.1 Å². The predicted octanol–water partition coefficient (Wildman–Crippen LogP) is 3.06. The minimum absolute atomic E-state index is 0.245. The Morgan fingerprint density at radius 2 is 1.52 bits per heavy atom. The summed E-state index contributed by atoms with van der Waals surface area (Å²) in [5.41, 5.74) is 0.905. The van der Waals surface area contributed by atoms with E-state index in [1.807, 2.05) is 0 Å². The number of azo groups is 1. The first-order valence-electron chi connectivity index (χ1n) is 10.4. The Morgan fingerprint density at radius 3 is 2.08 bits per heavy atom. The van der Waals surface area contributed by atoms with Gasteiger partial charge in [-0.1, -0.05) is 36.9 Å². The van der Waals surface area contributed by atoms with Crippen LogP contribution in [-0.2, 0) is 30.1 Å². The summed E-state index contributed by atoms with van der Waals surface area (Å²) in [6, 6.07) is 11.6. The second-order valence-corrected chi connectivity index (χ2v) is 12.3. The van der Waals surface area contributed by atoms with Crippen molar-refractivity contribution in [2.45, 2.75) is 14.7 Å². The van der Waals surface area contributed by atoms with Crippen LogP contribution in [0, 0.1) is 0 Å². The number of nitrogens with zero attached hydrogens (tertiary/aromatic N) is 3. The van der Waals surface area contributed by atoms with E-state index >= 15 is 0 Å². The third kappa shape index (κ3) is 6.93. The fourth-order valence-corrected chi connectivity index (χ4v) is 4.97. The Morgan fingerprint density at radius 1 is 0.875 bits per heavy atom. The lowest BCUT2D eigenvalue weighted by atomic mass is 10.2. The molecule has 18 heteroatoms. The zero-order valence-electron chi connectivity index (χ0n) is 19.8. The molecule has 0 aliphatic heterocycles. The van der Waals surface area contributed by atoms with Crippen LogP contribution in [-0.4, -0.2) is 56.4 Å². The van der Waals surface area contributed by atoms with Gasteiger partial charge in [-0.05, 0) is 30.3 Å². The zero-order valence-corrected chi connectivity index (χ0v) is 22.2. The average Bonchev–Trinajstić information content (AvgIpc) is 2.88. The molecule has 3 aromatic rings. The molecule has 3 rings (SSSR count). The predicted molar refractivity (Wildman–Crippen MR) is 140 cm³/mol. The standard InChI is InChI=1S/C22H18N4O11S3/c1-2-38(30,31)15-11-18(20(27)19(12-15)40(35,36)37)24-26-21(13-6-4-3-5-7-13)25-23-17-9-8-14(39(32,33)34)10-16(17)22(28)29/h2-12,24,27H,1H2,(H,28,29)(H,32,33,34)(H,35,36,37)/b25-23?,26-21+. The fourth-order valence-electron chi connectivity index (χ4n) is 3.01. The van der Waals surface area contributed by atoms with E-state index in [2.05, 4.69) is 27.3 Å². The minimum Gasteiger partial charge on any atom is -0.504 e. The summed E-state index contributed by atoms with van der Waals surface area (Å²) in [4.78, 5) is 9.11. The van der Waals surface area contributed by atoms with Crippen LogP contribution in [0.15, 0.2) is 103 Å². The molecule has 0 amide bonds. The van der Waals surface area contributed by atoms with Gasteiger partial charge < -0.3 is 10.2 Å². The largest absolute Gasteiger partial charge is 0.504 e. The molecule has 0 saturated heterocycles. The maximum absolute atomic E-state index is 12.3. The monoisotopic (exact) mass is 610 g/mol. The molecule has 0 saturated carbocycles. The highest BCUT2D eigenvalue weighted by Crippen LogP contribution is 2.35. The van der Waals surface area contributed by atoms with E-state index in [9.17, 15) is 49.4 Å². The van der Waals surface area contributed by atoms with Gasteiger partial charge in [0, 0.05) is 11.0 Å². The van der Waals surface area contributed by atoms with E-state index in [4.69, 9.17) is 0 Å². The summed E-state index contributed by atoms with van der Waals surface area (Å²) in [5, 5.41) is 31.9. The Balaban J connectivity index is 2.17. The third-order valence-electron chi connectivity index (χ3n) is 4.94. The molecule has 0 spiro atoms. The highest BCUT2D eigenvalue weighted by molar-refractivity contribution is 7.94. The molecule has 210 valence electrons. The first-order chi connectivity index (χ1) is 18.5. The van der Waals surface area contributed by atoms with Crippen molar-refractivity contribution in [1.29, 1.82) is 0 Å². The van der Waals surface area contributed by atoms with Gasteiger partial charge in [0.25, 0.3) is 20.2 Å². The molecule has 0 radical (unpaired) electrons. The number of carbonyl (C=O) groups is 1. The van der Waals surface area contributed by atoms with Crippen LogP contribution in [0.4, 0.5) is 11.4 Å². The number of carboxylic acids is 1. The third-order valence-corrected chi connectivity index (χ3v) is 7.99. The van der Waals surface area contributed by atoms with Crippen molar-refractivity contribution in [3.05, 3.63) is 83.8 Å². The second-order valence-electron chi connectivity index (χ2n) is 7.58. The number of phenolic OH excluding ortho intramolecular Hbond substituents is 1. The number of aromatic hydroxyl groups is 1. The molecule has 40 heavy (non-hydrogen) atoms. The van der Waals surface area contributed by atoms with Gasteiger partial charge in [-0.3, -0.25) is 14.5 Å². The van der Waals surface area contributed by atoms with Crippen LogP contribution < -0.4 is 5.43 Å². The van der Waals surface area contributed by atoms with E-state index in [1.54, 1.807) is 18.2 Å². The fraction of sp³-hybridized carbons (Fsp3) is 0. The van der Waals surface area contributed by atoms with E-state index in [0.717, 1.165) is 18.2 Å². The molecular weight excluding hydrogens is 592 g/mol. The first-order valence-corrected chi connectivity index (χ1v) is 14.8. The number of nitrogens with one attached hydrogen (secondary N) is 1. The van der Waals surface area contributed by atoms with Crippen molar-refractivity contribution < 1.29 is 49.4 Å². The maximum Gasteiger partial charge on any atom is 0.338 e. The number of hydrogen-bond acceptors (Lipinski definition) is 11. The van der Waals surface area contributed by atoms with E-state index in [1.165, 1.54) is 12.1 Å². The summed E-state index contributed by atoms with van der Waals surface area (Å²) in [7, 11) is -14.1. The van der Waals surface area contributed by atoms with Gasteiger partial charge in [-0.25, -0.2) is 13.2 Å². The minimum atomic E-state index is -5.11. The molecule has 0 heterocycles. The topological polar surface area (TPSA) is 250 Å². The summed E-state index contributed by atoms with van der Waals surface area (Å²) in [5.74, 6) is -2.99. The van der Waals surface area contributed by atoms with Crippen LogP contribution in [0.1, 0.15) is 15.9 Å². The van der Waals surface area contributed by atoms with Crippen molar-refractivity contribution in [1.82, 2.24) is 0 Å². The number of hydrazone groups is 1. The summed E-state index contributed by atoms with van der Waals surface area (Å²) >= 11 is 0. The second kappa shape index (κ2) is 11.3. The number of anilines is 1. The summed E-state index contributed by atoms with van der Waals surface area (Å²) in [6.45, 7) is 3.13. The lowest BCUT2D eigenvalue weighted by Gasteiger charge is -2.11. The zero-order chi connectivity index (χ0) is 29.9. The molecule has 0 atom stereocenters. The molecule has 0 aliphatic carbocycles. The van der Waals surface area contributed by atoms with Gasteiger partial charge in [-0.2, -0.15) is 21.9 Å². The Bertz CT molecular complexity index is 1890. The van der Waals surface area contributed by atoms with Crippen molar-refractivity contribution in [2.24, 2.45) is 15.3 Å². The molecule has 0 unspecified atom stereocenters. The Hall–Kier alpha value is -4.49. The van der Waals surface area contributed by atoms with Crippen LogP contribution in [0.25, 0.3) is 0 Å². The molecule has 0 fully saturated rings. The summed E-state index contributed by atoms with van der Waals surface area (Å²) < 4.78 is 89.4. The number of carboxylic acid groups (broad SMARTS) is 1. The quantitative estimate of drug-likeness (QED) is 0.0585. The van der Waals surface area contributed by atoms with E-state index < -0.39 is 67.7 Å². The molecule has 0 aliphatic rings. The van der Waals surface area contributed by atoms with Crippen molar-refractivity contribution in [3.8, 4) is 5.75 Å². The van der Waals surface area contributed by atoms with Gasteiger partial charge in [-0.15, -0.1) is 10.2 Å². The Labute approximate surface area is 227 Å². The Kier molecular flexibility index (Phi) is 8.51. The van der Waals surface area contributed by atoms with Gasteiger partial charge in [0.1, 0.15) is 16.3 Å². The highest BCUT2D eigenvalue weighted by Gasteiger charge is 2.24. The number of rotatable bonds is 9. The average molecular weight is 611 g/mol. The number of sulfone groups is 1. The molecule has 0 bridgehead atoms. The van der Waals surface area contributed by atoms with Crippen LogP contribution in [0.3, 0.4) is 0 Å². The number of hydrogen-bond donors (Lipinski definition) is 5. The van der Waals surface area contributed by atoms with Gasteiger partial charge in [0.05, 0.1) is 15.4 Å². The van der Waals surface area contributed by atoms with Gasteiger partial charge in [0.2, 0.25) is 5.84 Å². The van der Waals surface area contributed by atoms with Crippen LogP contribution >= 0.6 is 0 Å². The van der Waals surface area contributed by atoms with Crippen LogP contribution in [0.2, 0.25) is 0 Å². The number of phenols is 1. The molecular formula is C22H18N4O11S3. The smallest absolute Gasteiger partial charge is 0.338 e. The highest BCUT2D eigenvalue weighted by atomic mass is 32.2. The SMILES string of the molecule is C=CS(=O)(=O)c1cc(N/N=C(/N=Nc2ccc(S(=O)(=O)O)cc2C(=O)O)c2ccccc2)c(O)c(S(=O)(=O)O)c1. The van der Waals surface area contributed by atoms with Gasteiger partial charge >= 0.3 is 5.97 Å². The first kappa shape index (κ1) is 30.1. The molecule has 3 aromatic carbocycles. The molecule has 5 N–H and O–H groups in total. The van der Waals surface area contributed by atoms with Crippen LogP contribution in [0.5, 0.6) is 5.75 Å². The number of aromatic carboxylic acids is 1. The van der Waals surface area contributed by atoms with Crippen molar-refractivity contribution in [2.75, 3.05) is 5.43 Å². The van der Waals surface area contributed by atoms with Gasteiger partial charge in [0.15, 0.2) is 15.6 Å². The van der Waals surface area contributed by atoms with E-state index in [0.29, 0.717) is 17.5 Å². The summed E-state index contributed by atoms with van der Waals surface area (Å²) in [6.07, 6.45) is 0. The number of benzene rings is 3. The molecule has 0 aromatic heterocycles.